The zero-order chi connectivity index (χ0) is 24.2. The van der Waals surface area contributed by atoms with Crippen molar-refractivity contribution in [2.24, 2.45) is 0 Å². The van der Waals surface area contributed by atoms with Crippen LogP contribution >= 0.6 is 11.3 Å². The number of carbonyl (C=O) groups is 1. The quantitative estimate of drug-likeness (QED) is 0.389. The molecule has 2 aromatic carbocycles. The Morgan fingerprint density at radius 2 is 1.77 bits per heavy atom. The Morgan fingerprint density at radius 1 is 1.00 bits per heavy atom. The highest BCUT2D eigenvalue weighted by Crippen LogP contribution is 2.33. The van der Waals surface area contributed by atoms with Gasteiger partial charge in [-0.05, 0) is 40.8 Å². The van der Waals surface area contributed by atoms with E-state index in [1.165, 1.54) is 11.3 Å². The fraction of sp³-hybridized carbons (Fsp3) is 0.292. The number of hydrogen-bond donors (Lipinski definition) is 0. The zero-order valence-corrected chi connectivity index (χ0v) is 20.3. The average Bonchev–Trinajstić information content (AvgIpc) is 3.59. The minimum absolute atomic E-state index is 0.0662. The average molecular weight is 492 g/mol. The van der Waals surface area contributed by atoms with Gasteiger partial charge in [0.25, 0.3) is 0 Å². The lowest BCUT2D eigenvalue weighted by molar-refractivity contribution is -0.130. The number of hydrogen-bond acceptors (Lipinski definition) is 9. The second-order valence-corrected chi connectivity index (χ2v) is 8.84. The van der Waals surface area contributed by atoms with Crippen molar-refractivity contribution < 1.29 is 14.3 Å². The molecule has 0 atom stereocenters. The van der Waals surface area contributed by atoms with Gasteiger partial charge in [-0.1, -0.05) is 23.3 Å². The smallest absolute Gasteiger partial charge is 0.250 e. The number of thiazole rings is 1. The number of rotatable bonds is 7. The van der Waals surface area contributed by atoms with E-state index in [4.69, 9.17) is 9.47 Å². The number of amides is 1. The van der Waals surface area contributed by atoms with Crippen molar-refractivity contribution in [1.29, 1.82) is 0 Å². The van der Waals surface area contributed by atoms with Gasteiger partial charge in [0.05, 0.1) is 32.0 Å². The Balaban J connectivity index is 1.20. The van der Waals surface area contributed by atoms with E-state index < -0.39 is 0 Å². The molecule has 1 fully saturated rings. The van der Waals surface area contributed by atoms with Crippen LogP contribution in [0.15, 0.2) is 53.9 Å². The molecule has 1 aliphatic rings. The maximum Gasteiger partial charge on any atom is 0.250 e. The van der Waals surface area contributed by atoms with E-state index in [-0.39, 0.29) is 12.3 Å². The van der Waals surface area contributed by atoms with Crippen LogP contribution in [0, 0.1) is 0 Å². The summed E-state index contributed by atoms with van der Waals surface area (Å²) in [5.74, 6) is 2.06. The lowest BCUT2D eigenvalue weighted by Crippen LogP contribution is -2.50. The molecule has 1 saturated heterocycles. The third-order valence-corrected chi connectivity index (χ3v) is 6.82. The first-order chi connectivity index (χ1) is 17.2. The molecule has 11 heteroatoms. The second kappa shape index (κ2) is 10.1. The van der Waals surface area contributed by atoms with Crippen LogP contribution in [0.1, 0.15) is 5.69 Å². The van der Waals surface area contributed by atoms with Crippen molar-refractivity contribution in [2.75, 3.05) is 45.3 Å². The maximum absolute atomic E-state index is 13.0. The van der Waals surface area contributed by atoms with Crippen molar-refractivity contribution in [3.05, 3.63) is 59.6 Å². The van der Waals surface area contributed by atoms with E-state index in [2.05, 4.69) is 25.4 Å². The molecule has 4 aromatic rings. The Kier molecular flexibility index (Phi) is 6.57. The van der Waals surface area contributed by atoms with E-state index in [0.29, 0.717) is 43.6 Å². The predicted molar refractivity (Wildman–Crippen MR) is 132 cm³/mol. The van der Waals surface area contributed by atoms with Gasteiger partial charge >= 0.3 is 0 Å². The van der Waals surface area contributed by atoms with Gasteiger partial charge in [-0.3, -0.25) is 4.79 Å². The summed E-state index contributed by atoms with van der Waals surface area (Å²) < 4.78 is 12.4. The number of ether oxygens (including phenoxy) is 2. The van der Waals surface area contributed by atoms with Crippen LogP contribution in [0.25, 0.3) is 16.3 Å². The van der Waals surface area contributed by atoms with E-state index in [0.717, 1.165) is 22.0 Å². The number of aromatic nitrogens is 5. The third kappa shape index (κ3) is 4.80. The fourth-order valence-electron chi connectivity index (χ4n) is 4.03. The van der Waals surface area contributed by atoms with Gasteiger partial charge in [-0.25, -0.2) is 4.98 Å². The minimum Gasteiger partial charge on any atom is -0.493 e. The SMILES string of the molecule is COc1ccc(-c2nc(CC(=O)N3CCN(c4nnnn4-c4ccccc4)CC3)cs2)cc1OC. The molecule has 0 bridgehead atoms. The largest absolute Gasteiger partial charge is 0.493 e. The first-order valence-corrected chi connectivity index (χ1v) is 12.1. The highest BCUT2D eigenvalue weighted by molar-refractivity contribution is 7.13. The molecule has 0 unspecified atom stereocenters. The molecule has 3 heterocycles. The Labute approximate surface area is 206 Å². The number of piperazine rings is 1. The summed E-state index contributed by atoms with van der Waals surface area (Å²) in [6, 6.07) is 15.5. The monoisotopic (exact) mass is 491 g/mol. The molecule has 0 aliphatic carbocycles. The van der Waals surface area contributed by atoms with Gasteiger partial charge in [0.2, 0.25) is 11.9 Å². The molecule has 2 aromatic heterocycles. The topological polar surface area (TPSA) is 98.5 Å². The molecule has 5 rings (SSSR count). The summed E-state index contributed by atoms with van der Waals surface area (Å²) >= 11 is 1.51. The normalized spacial score (nSPS) is 13.7. The number of benzene rings is 2. The van der Waals surface area contributed by atoms with Gasteiger partial charge in [0.15, 0.2) is 11.5 Å². The zero-order valence-electron chi connectivity index (χ0n) is 19.5. The van der Waals surface area contributed by atoms with Crippen LogP contribution in [0.2, 0.25) is 0 Å². The van der Waals surface area contributed by atoms with Gasteiger partial charge in [0.1, 0.15) is 5.01 Å². The van der Waals surface area contributed by atoms with Gasteiger partial charge < -0.3 is 19.3 Å². The van der Waals surface area contributed by atoms with Crippen LogP contribution in [0.5, 0.6) is 11.5 Å². The lowest BCUT2D eigenvalue weighted by atomic mass is 10.2. The van der Waals surface area contributed by atoms with Crippen LogP contribution < -0.4 is 14.4 Å². The van der Waals surface area contributed by atoms with Crippen LogP contribution in [0.4, 0.5) is 5.95 Å². The van der Waals surface area contributed by atoms with Crippen LogP contribution in [0.3, 0.4) is 0 Å². The third-order valence-electron chi connectivity index (χ3n) is 5.88. The molecule has 10 nitrogen and oxygen atoms in total. The molecular weight excluding hydrogens is 466 g/mol. The van der Waals surface area contributed by atoms with E-state index in [1.807, 2.05) is 58.8 Å². The van der Waals surface area contributed by atoms with Crippen molar-refractivity contribution in [2.45, 2.75) is 6.42 Å². The van der Waals surface area contributed by atoms with Crippen LogP contribution in [-0.4, -0.2) is 76.4 Å². The van der Waals surface area contributed by atoms with Gasteiger partial charge in [0, 0.05) is 37.1 Å². The molecule has 1 amide bonds. The molecule has 0 saturated carbocycles. The van der Waals surface area contributed by atoms with E-state index in [1.54, 1.807) is 18.9 Å². The predicted octanol–water partition coefficient (Wildman–Crippen LogP) is 2.69. The molecular formula is C24H25N7O3S. The highest BCUT2D eigenvalue weighted by atomic mass is 32.1. The number of tetrazole rings is 1. The fourth-order valence-corrected chi connectivity index (χ4v) is 4.85. The standard InChI is InChI=1S/C24H25N7O3S/c1-33-20-9-8-17(14-21(20)34-2)23-25-18(16-35-23)15-22(32)29-10-12-30(13-11-29)24-26-27-28-31(24)19-6-4-3-5-7-19/h3-9,14,16H,10-13,15H2,1-2H3. The first kappa shape index (κ1) is 22.8. The van der Waals surface area contributed by atoms with Crippen molar-refractivity contribution in [1.82, 2.24) is 30.1 Å². The Hall–Kier alpha value is -3.99. The van der Waals surface area contributed by atoms with Crippen LogP contribution in [-0.2, 0) is 11.2 Å². The summed E-state index contributed by atoms with van der Waals surface area (Å²) in [5.41, 5.74) is 2.59. The number of anilines is 1. The molecule has 0 spiro atoms. The number of para-hydroxylation sites is 1. The number of nitrogens with zero attached hydrogens (tertiary/aromatic N) is 7. The summed E-state index contributed by atoms with van der Waals surface area (Å²) in [5, 5.41) is 15.0. The molecule has 180 valence electrons. The summed E-state index contributed by atoms with van der Waals surface area (Å²) in [6.45, 7) is 2.53. The highest BCUT2D eigenvalue weighted by Gasteiger charge is 2.25. The van der Waals surface area contributed by atoms with Gasteiger partial charge in [-0.15, -0.1) is 11.3 Å². The molecule has 0 radical (unpaired) electrons. The lowest BCUT2D eigenvalue weighted by Gasteiger charge is -2.34. The van der Waals surface area contributed by atoms with Crippen molar-refractivity contribution in [3.63, 3.8) is 0 Å². The first-order valence-electron chi connectivity index (χ1n) is 11.2. The summed E-state index contributed by atoms with van der Waals surface area (Å²) in [4.78, 5) is 21.6. The van der Waals surface area contributed by atoms with E-state index in [9.17, 15) is 4.79 Å². The maximum atomic E-state index is 13.0. The second-order valence-electron chi connectivity index (χ2n) is 7.98. The summed E-state index contributed by atoms with van der Waals surface area (Å²) in [6.07, 6.45) is 0.269. The number of carbonyl (C=O) groups excluding carboxylic acids is 1. The van der Waals surface area contributed by atoms with Crippen molar-refractivity contribution >= 4 is 23.2 Å². The Bertz CT molecular complexity index is 1300. The minimum atomic E-state index is 0.0662. The molecule has 35 heavy (non-hydrogen) atoms. The van der Waals surface area contributed by atoms with Gasteiger partial charge in [-0.2, -0.15) is 4.68 Å². The number of methoxy groups -OCH3 is 2. The molecule has 0 N–H and O–H groups in total. The Morgan fingerprint density at radius 3 is 2.51 bits per heavy atom. The van der Waals surface area contributed by atoms with Crippen molar-refractivity contribution in [3.8, 4) is 27.8 Å². The summed E-state index contributed by atoms with van der Waals surface area (Å²) in [7, 11) is 3.21. The molecule has 1 aliphatic heterocycles. The van der Waals surface area contributed by atoms with E-state index >= 15 is 0 Å².